The summed E-state index contributed by atoms with van der Waals surface area (Å²) in [6.45, 7) is 4.49. The lowest BCUT2D eigenvalue weighted by atomic mass is 10.0. The van der Waals surface area contributed by atoms with Crippen molar-refractivity contribution in [1.29, 1.82) is 0 Å². The van der Waals surface area contributed by atoms with Crippen molar-refractivity contribution in [3.8, 4) is 11.6 Å². The number of methoxy groups -OCH3 is 1. The highest BCUT2D eigenvalue weighted by atomic mass is 19.1. The Bertz CT molecular complexity index is 1780. The number of nitrogens with zero attached hydrogens (tertiary/aromatic N) is 3. The van der Waals surface area contributed by atoms with Gasteiger partial charge in [0.1, 0.15) is 22.9 Å². The van der Waals surface area contributed by atoms with E-state index in [0.29, 0.717) is 73.8 Å². The molecule has 9 nitrogen and oxygen atoms in total. The number of carbonyl (C=O) groups is 1. The normalized spacial score (nSPS) is 13.8. The number of benzene rings is 3. The molecule has 0 unspecified atom stereocenters. The van der Waals surface area contributed by atoms with Gasteiger partial charge in [0.2, 0.25) is 5.88 Å². The number of aromatic nitrogens is 2. The number of para-hydroxylation sites is 1. The van der Waals surface area contributed by atoms with Gasteiger partial charge < -0.3 is 29.2 Å². The second-order valence-electron chi connectivity index (χ2n) is 10.7. The molecule has 6 rings (SSSR count). The topological polar surface area (TPSA) is 98.1 Å². The highest BCUT2D eigenvalue weighted by Gasteiger charge is 2.25. The molecule has 2 aromatic heterocycles. The lowest BCUT2D eigenvalue weighted by Crippen LogP contribution is -2.38. The van der Waals surface area contributed by atoms with Crippen LogP contribution in [-0.4, -0.2) is 72.1 Å². The van der Waals surface area contributed by atoms with E-state index in [1.807, 2.05) is 47.0 Å². The summed E-state index contributed by atoms with van der Waals surface area (Å²) in [7, 11) is 1.57. The van der Waals surface area contributed by atoms with Crippen molar-refractivity contribution in [3.63, 3.8) is 0 Å². The quantitative estimate of drug-likeness (QED) is 0.166. The molecule has 3 aromatic carbocycles. The van der Waals surface area contributed by atoms with Crippen LogP contribution in [-0.2, 0) is 17.7 Å². The number of anilines is 2. The molecule has 0 bridgehead atoms. The molecule has 3 heterocycles. The maximum absolute atomic E-state index is 14.3. The Balaban J connectivity index is 1.33. The first-order chi connectivity index (χ1) is 21.5. The Morgan fingerprint density at radius 3 is 2.55 bits per heavy atom. The number of carboxylic acid groups (broad SMARTS) is 1. The highest BCUT2D eigenvalue weighted by Crippen LogP contribution is 2.36. The van der Waals surface area contributed by atoms with Crippen molar-refractivity contribution >= 4 is 39.0 Å². The molecule has 10 heteroatoms. The third kappa shape index (κ3) is 6.04. The van der Waals surface area contributed by atoms with E-state index >= 15 is 0 Å². The van der Waals surface area contributed by atoms with Gasteiger partial charge in [-0.2, -0.15) is 0 Å². The van der Waals surface area contributed by atoms with Crippen LogP contribution in [0.3, 0.4) is 0 Å². The molecule has 2 N–H and O–H groups in total. The SMILES string of the molecule is COc1ncccc1Nc1cccc2c(CCCOc3cccc4c(F)cccc34)c(C(=O)O)n(CCN3CCOCC3)c12. The lowest BCUT2D eigenvalue weighted by molar-refractivity contribution is 0.0362. The molecule has 228 valence electrons. The monoisotopic (exact) mass is 598 g/mol. The van der Waals surface area contributed by atoms with Crippen molar-refractivity contribution in [2.24, 2.45) is 0 Å². The predicted molar refractivity (Wildman–Crippen MR) is 168 cm³/mol. The van der Waals surface area contributed by atoms with E-state index in [9.17, 15) is 14.3 Å². The molecule has 0 radical (unpaired) electrons. The van der Waals surface area contributed by atoms with Gasteiger partial charge in [-0.05, 0) is 48.7 Å². The van der Waals surface area contributed by atoms with Gasteiger partial charge in [0.25, 0.3) is 0 Å². The van der Waals surface area contributed by atoms with Gasteiger partial charge in [0.15, 0.2) is 0 Å². The largest absolute Gasteiger partial charge is 0.493 e. The number of nitrogens with one attached hydrogen (secondary N) is 1. The standard InChI is InChI=1S/C34H35FN4O5/c1-42-33-29(13-5-15-36-33)37-28-12-3-9-25-26(10-6-20-44-30-14-4-7-23-24(30)8-2-11-27(23)35)32(34(40)41)39(31(25)28)17-16-38-18-21-43-22-19-38/h2-5,7-9,11-15,37H,6,10,16-22H2,1H3,(H,40,41). The molecule has 5 aromatic rings. The first kappa shape index (κ1) is 29.4. The summed E-state index contributed by atoms with van der Waals surface area (Å²) < 4.78 is 33.3. The maximum atomic E-state index is 14.3. The number of hydrogen-bond acceptors (Lipinski definition) is 7. The third-order valence-electron chi connectivity index (χ3n) is 8.02. The van der Waals surface area contributed by atoms with Crippen molar-refractivity contribution in [2.75, 3.05) is 51.9 Å². The fourth-order valence-corrected chi connectivity index (χ4v) is 5.96. The molecular weight excluding hydrogens is 563 g/mol. The van der Waals surface area contributed by atoms with E-state index in [1.54, 1.807) is 31.5 Å². The van der Waals surface area contributed by atoms with E-state index in [0.717, 1.165) is 35.2 Å². The number of aromatic carboxylic acids is 1. The lowest BCUT2D eigenvalue weighted by Gasteiger charge is -2.27. The Morgan fingerprint density at radius 2 is 1.73 bits per heavy atom. The van der Waals surface area contributed by atoms with Crippen molar-refractivity contribution in [1.82, 2.24) is 14.5 Å². The van der Waals surface area contributed by atoms with E-state index in [4.69, 9.17) is 14.2 Å². The summed E-state index contributed by atoms with van der Waals surface area (Å²) in [4.78, 5) is 19.5. The number of fused-ring (bicyclic) bond motifs is 2. The number of hydrogen-bond donors (Lipinski definition) is 2. The van der Waals surface area contributed by atoms with E-state index < -0.39 is 5.97 Å². The number of halogens is 1. The van der Waals surface area contributed by atoms with Crippen LogP contribution in [0.5, 0.6) is 11.6 Å². The first-order valence-electron chi connectivity index (χ1n) is 14.8. The minimum atomic E-state index is -0.978. The van der Waals surface area contributed by atoms with Crippen molar-refractivity contribution in [2.45, 2.75) is 19.4 Å². The third-order valence-corrected chi connectivity index (χ3v) is 8.02. The number of ether oxygens (including phenoxy) is 3. The molecule has 0 atom stereocenters. The van der Waals surface area contributed by atoms with E-state index in [-0.39, 0.29) is 11.5 Å². The summed E-state index contributed by atoms with van der Waals surface area (Å²) in [5.74, 6) is -0.226. The summed E-state index contributed by atoms with van der Waals surface area (Å²) in [6, 6.07) is 19.8. The van der Waals surface area contributed by atoms with Crippen LogP contribution in [0, 0.1) is 5.82 Å². The zero-order valence-corrected chi connectivity index (χ0v) is 24.6. The van der Waals surface area contributed by atoms with Gasteiger partial charge in [-0.15, -0.1) is 0 Å². The van der Waals surface area contributed by atoms with Gasteiger partial charge >= 0.3 is 5.97 Å². The molecule has 0 amide bonds. The molecule has 1 fully saturated rings. The highest BCUT2D eigenvalue weighted by molar-refractivity contribution is 6.03. The smallest absolute Gasteiger partial charge is 0.352 e. The number of pyridine rings is 1. The fraction of sp³-hybridized carbons (Fsp3) is 0.294. The van der Waals surface area contributed by atoms with Crippen LogP contribution in [0.4, 0.5) is 15.8 Å². The van der Waals surface area contributed by atoms with Crippen molar-refractivity contribution in [3.05, 3.63) is 90.0 Å². The number of carboxylic acids is 1. The van der Waals surface area contributed by atoms with Gasteiger partial charge in [-0.25, -0.2) is 14.2 Å². The van der Waals surface area contributed by atoms with Gasteiger partial charge in [-0.3, -0.25) is 4.90 Å². The van der Waals surface area contributed by atoms with E-state index in [2.05, 4.69) is 15.2 Å². The molecule has 1 saturated heterocycles. The van der Waals surface area contributed by atoms with Crippen LogP contribution in [0.15, 0.2) is 72.9 Å². The molecule has 0 spiro atoms. The minimum Gasteiger partial charge on any atom is -0.493 e. The molecule has 44 heavy (non-hydrogen) atoms. The Hall–Kier alpha value is -4.67. The zero-order valence-electron chi connectivity index (χ0n) is 24.6. The fourth-order valence-electron chi connectivity index (χ4n) is 5.96. The molecule has 1 aliphatic heterocycles. The van der Waals surface area contributed by atoms with E-state index in [1.165, 1.54) is 6.07 Å². The molecular formula is C34H35FN4O5. The van der Waals surface area contributed by atoms with Crippen LogP contribution in [0.1, 0.15) is 22.5 Å². The second kappa shape index (κ2) is 13.3. The summed E-state index contributed by atoms with van der Waals surface area (Å²) in [5, 5.41) is 16.1. The Morgan fingerprint density at radius 1 is 0.977 bits per heavy atom. The molecule has 0 aliphatic carbocycles. The Labute approximate surface area is 254 Å². The summed E-state index contributed by atoms with van der Waals surface area (Å²) in [5.41, 5.74) is 3.28. The van der Waals surface area contributed by atoms with Gasteiger partial charge in [0, 0.05) is 48.5 Å². The molecule has 1 aliphatic rings. The maximum Gasteiger partial charge on any atom is 0.352 e. The Kier molecular flexibility index (Phi) is 8.90. The number of rotatable bonds is 12. The van der Waals surface area contributed by atoms with Gasteiger partial charge in [0.05, 0.1) is 38.1 Å². The number of morpholine rings is 1. The van der Waals surface area contributed by atoms with Gasteiger partial charge in [-0.1, -0.05) is 36.4 Å². The average Bonchev–Trinajstić information content (AvgIpc) is 3.37. The first-order valence-corrected chi connectivity index (χ1v) is 14.8. The number of aryl methyl sites for hydroxylation is 1. The van der Waals surface area contributed by atoms with Crippen LogP contribution < -0.4 is 14.8 Å². The zero-order chi connectivity index (χ0) is 30.5. The van der Waals surface area contributed by atoms with Crippen LogP contribution >= 0.6 is 0 Å². The average molecular weight is 599 g/mol. The molecule has 0 saturated carbocycles. The minimum absolute atomic E-state index is 0.271. The van der Waals surface area contributed by atoms with Crippen LogP contribution in [0.2, 0.25) is 0 Å². The second-order valence-corrected chi connectivity index (χ2v) is 10.7. The van der Waals surface area contributed by atoms with Crippen LogP contribution in [0.25, 0.3) is 21.7 Å². The summed E-state index contributed by atoms with van der Waals surface area (Å²) in [6.07, 6.45) is 2.72. The predicted octanol–water partition coefficient (Wildman–Crippen LogP) is 6.12. The van der Waals surface area contributed by atoms with Crippen molar-refractivity contribution < 1.29 is 28.5 Å². The summed E-state index contributed by atoms with van der Waals surface area (Å²) >= 11 is 0.